The molecule has 1 aromatic rings. The van der Waals surface area contributed by atoms with Crippen molar-refractivity contribution in [3.63, 3.8) is 0 Å². The lowest BCUT2D eigenvalue weighted by atomic mass is 10.2. The van der Waals surface area contributed by atoms with Crippen LogP contribution in [0.4, 0.5) is 5.69 Å². The molecular formula is C15H24ClN3O2. The Bertz CT molecular complexity index is 470. The van der Waals surface area contributed by atoms with Crippen molar-refractivity contribution in [2.45, 2.75) is 46.3 Å². The number of nitrogens with zero attached hydrogens (tertiary/aromatic N) is 2. The van der Waals surface area contributed by atoms with E-state index in [2.05, 4.69) is 37.9 Å². The number of nitro groups is 1. The third-order valence-electron chi connectivity index (χ3n) is 3.43. The smallest absolute Gasteiger partial charge is 0.273 e. The van der Waals surface area contributed by atoms with E-state index >= 15 is 0 Å². The molecule has 0 fully saturated rings. The first kappa shape index (κ1) is 17.9. The van der Waals surface area contributed by atoms with Crippen LogP contribution in [0.3, 0.4) is 0 Å². The molecule has 0 unspecified atom stereocenters. The van der Waals surface area contributed by atoms with Gasteiger partial charge in [0.2, 0.25) is 0 Å². The molecule has 0 bridgehead atoms. The lowest BCUT2D eigenvalue weighted by Crippen LogP contribution is -2.41. The predicted molar refractivity (Wildman–Crippen MR) is 86.8 cm³/mol. The van der Waals surface area contributed by atoms with Gasteiger partial charge in [-0.25, -0.2) is 0 Å². The van der Waals surface area contributed by atoms with Gasteiger partial charge >= 0.3 is 0 Å². The first-order valence-corrected chi connectivity index (χ1v) is 7.60. The molecule has 0 aliphatic rings. The number of nitro benzene ring substituents is 1. The molecule has 21 heavy (non-hydrogen) atoms. The molecule has 1 rings (SSSR count). The van der Waals surface area contributed by atoms with Crippen molar-refractivity contribution in [1.82, 2.24) is 10.2 Å². The SMILES string of the molecule is CC(C)N(CCNCc1cc(Cl)ccc1[N+](=O)[O-])C(C)C. The highest BCUT2D eigenvalue weighted by Gasteiger charge is 2.15. The predicted octanol–water partition coefficient (Wildman–Crippen LogP) is 3.46. The number of hydrogen-bond acceptors (Lipinski definition) is 4. The maximum absolute atomic E-state index is 11.0. The molecule has 0 heterocycles. The third kappa shape index (κ3) is 5.61. The fourth-order valence-electron chi connectivity index (χ4n) is 2.42. The highest BCUT2D eigenvalue weighted by Crippen LogP contribution is 2.22. The summed E-state index contributed by atoms with van der Waals surface area (Å²) in [6.45, 7) is 10.8. The lowest BCUT2D eigenvalue weighted by Gasteiger charge is -2.30. The molecule has 5 nitrogen and oxygen atoms in total. The summed E-state index contributed by atoms with van der Waals surface area (Å²) < 4.78 is 0. The van der Waals surface area contributed by atoms with E-state index in [4.69, 9.17) is 11.6 Å². The number of hydrogen-bond donors (Lipinski definition) is 1. The summed E-state index contributed by atoms with van der Waals surface area (Å²) in [4.78, 5) is 13.0. The van der Waals surface area contributed by atoms with Crippen LogP contribution in [0.25, 0.3) is 0 Å². The van der Waals surface area contributed by atoms with E-state index in [1.54, 1.807) is 12.1 Å². The van der Waals surface area contributed by atoms with Crippen LogP contribution in [0.15, 0.2) is 18.2 Å². The van der Waals surface area contributed by atoms with E-state index < -0.39 is 0 Å². The monoisotopic (exact) mass is 313 g/mol. The van der Waals surface area contributed by atoms with Crippen LogP contribution in [-0.2, 0) is 6.54 Å². The zero-order valence-corrected chi connectivity index (χ0v) is 13.9. The van der Waals surface area contributed by atoms with E-state index in [9.17, 15) is 10.1 Å². The second-order valence-corrected chi connectivity index (χ2v) is 6.07. The fraction of sp³-hybridized carbons (Fsp3) is 0.600. The molecule has 0 saturated heterocycles. The van der Waals surface area contributed by atoms with Gasteiger partial charge in [-0.15, -0.1) is 0 Å². The Labute approximate surface area is 131 Å². The standard InChI is InChI=1S/C15H24ClN3O2/c1-11(2)18(12(3)4)8-7-17-10-13-9-14(16)5-6-15(13)19(20)21/h5-6,9,11-12,17H,7-8,10H2,1-4H3. The van der Waals surface area contributed by atoms with Crippen LogP contribution in [0.2, 0.25) is 5.02 Å². The zero-order valence-electron chi connectivity index (χ0n) is 13.1. The van der Waals surface area contributed by atoms with Gasteiger partial charge in [-0.2, -0.15) is 0 Å². The van der Waals surface area contributed by atoms with Crippen LogP contribution in [0, 0.1) is 10.1 Å². The molecule has 1 N–H and O–H groups in total. The summed E-state index contributed by atoms with van der Waals surface area (Å²) in [6, 6.07) is 5.60. The Morgan fingerprint density at radius 1 is 1.29 bits per heavy atom. The summed E-state index contributed by atoms with van der Waals surface area (Å²) in [5.41, 5.74) is 0.726. The Morgan fingerprint density at radius 2 is 1.90 bits per heavy atom. The fourth-order valence-corrected chi connectivity index (χ4v) is 2.61. The van der Waals surface area contributed by atoms with E-state index in [0.29, 0.717) is 29.2 Å². The van der Waals surface area contributed by atoms with Gasteiger partial charge in [0.1, 0.15) is 0 Å². The third-order valence-corrected chi connectivity index (χ3v) is 3.66. The van der Waals surface area contributed by atoms with E-state index in [0.717, 1.165) is 13.1 Å². The molecule has 118 valence electrons. The topological polar surface area (TPSA) is 58.4 Å². The van der Waals surface area contributed by atoms with E-state index in [1.807, 2.05) is 0 Å². The molecule has 0 spiro atoms. The average molecular weight is 314 g/mol. The van der Waals surface area contributed by atoms with Crippen molar-refractivity contribution >= 4 is 17.3 Å². The van der Waals surface area contributed by atoms with Gasteiger partial charge in [0.15, 0.2) is 0 Å². The molecular weight excluding hydrogens is 290 g/mol. The largest absolute Gasteiger partial charge is 0.311 e. The molecule has 1 aromatic carbocycles. The molecule has 0 atom stereocenters. The summed E-state index contributed by atoms with van der Waals surface area (Å²) in [7, 11) is 0. The van der Waals surface area contributed by atoms with Crippen molar-refractivity contribution in [2.75, 3.05) is 13.1 Å². The van der Waals surface area contributed by atoms with Crippen LogP contribution < -0.4 is 5.32 Å². The van der Waals surface area contributed by atoms with Crippen LogP contribution in [-0.4, -0.2) is 35.0 Å². The van der Waals surface area contributed by atoms with Gasteiger partial charge in [0.25, 0.3) is 5.69 Å². The molecule has 0 aromatic heterocycles. The van der Waals surface area contributed by atoms with Gasteiger partial charge in [-0.05, 0) is 39.8 Å². The Kier molecular flexibility index (Phi) is 7.08. The minimum atomic E-state index is -0.373. The molecule has 0 aliphatic carbocycles. The zero-order chi connectivity index (χ0) is 16.0. The molecule has 0 radical (unpaired) electrons. The van der Waals surface area contributed by atoms with Gasteiger partial charge in [0.05, 0.1) is 4.92 Å². The Morgan fingerprint density at radius 3 is 2.43 bits per heavy atom. The van der Waals surface area contributed by atoms with Crippen molar-refractivity contribution < 1.29 is 4.92 Å². The van der Waals surface area contributed by atoms with Crippen molar-refractivity contribution in [3.05, 3.63) is 38.9 Å². The van der Waals surface area contributed by atoms with Crippen LogP contribution in [0.1, 0.15) is 33.3 Å². The van der Waals surface area contributed by atoms with Gasteiger partial charge in [-0.1, -0.05) is 11.6 Å². The average Bonchev–Trinajstić information content (AvgIpc) is 2.37. The second-order valence-electron chi connectivity index (χ2n) is 5.63. The van der Waals surface area contributed by atoms with Gasteiger partial charge in [-0.3, -0.25) is 15.0 Å². The number of nitrogens with one attached hydrogen (secondary N) is 1. The number of halogens is 1. The summed E-state index contributed by atoms with van der Waals surface area (Å²) in [5.74, 6) is 0. The normalized spacial score (nSPS) is 11.6. The molecule has 0 amide bonds. The molecule has 6 heteroatoms. The van der Waals surface area contributed by atoms with Crippen molar-refractivity contribution in [2.24, 2.45) is 0 Å². The molecule has 0 saturated carbocycles. The highest BCUT2D eigenvalue weighted by molar-refractivity contribution is 6.30. The summed E-state index contributed by atoms with van der Waals surface area (Å²) in [6.07, 6.45) is 0. The first-order chi connectivity index (χ1) is 9.82. The quantitative estimate of drug-likeness (QED) is 0.453. The highest BCUT2D eigenvalue weighted by atomic mass is 35.5. The lowest BCUT2D eigenvalue weighted by molar-refractivity contribution is -0.385. The van der Waals surface area contributed by atoms with Gasteiger partial charge in [0, 0.05) is 48.4 Å². The Hall–Kier alpha value is -1.17. The molecule has 0 aliphatic heterocycles. The first-order valence-electron chi connectivity index (χ1n) is 7.22. The van der Waals surface area contributed by atoms with Crippen molar-refractivity contribution in [1.29, 1.82) is 0 Å². The van der Waals surface area contributed by atoms with Crippen LogP contribution in [0.5, 0.6) is 0 Å². The Balaban J connectivity index is 2.56. The van der Waals surface area contributed by atoms with Crippen molar-refractivity contribution in [3.8, 4) is 0 Å². The number of rotatable bonds is 8. The maximum Gasteiger partial charge on any atom is 0.273 e. The van der Waals surface area contributed by atoms with E-state index in [-0.39, 0.29) is 10.6 Å². The summed E-state index contributed by atoms with van der Waals surface area (Å²) >= 11 is 5.91. The van der Waals surface area contributed by atoms with Gasteiger partial charge < -0.3 is 5.32 Å². The minimum Gasteiger partial charge on any atom is -0.311 e. The number of benzene rings is 1. The minimum absolute atomic E-state index is 0.108. The van der Waals surface area contributed by atoms with E-state index in [1.165, 1.54) is 6.07 Å². The van der Waals surface area contributed by atoms with Crippen LogP contribution >= 0.6 is 11.6 Å². The maximum atomic E-state index is 11.0. The summed E-state index contributed by atoms with van der Waals surface area (Å²) in [5, 5.41) is 14.8. The second kappa shape index (κ2) is 8.32.